The van der Waals surface area contributed by atoms with E-state index in [0.717, 1.165) is 11.3 Å². The molecule has 0 aromatic heterocycles. The Morgan fingerprint density at radius 2 is 1.59 bits per heavy atom. The third-order valence-corrected chi connectivity index (χ3v) is 2.44. The van der Waals surface area contributed by atoms with E-state index in [1.54, 1.807) is 25.3 Å². The maximum Gasteiger partial charge on any atom is 0.161 e. The van der Waals surface area contributed by atoms with Crippen LogP contribution in [0.3, 0.4) is 0 Å². The summed E-state index contributed by atoms with van der Waals surface area (Å²) >= 11 is 0. The second kappa shape index (κ2) is 5.25. The number of benzene rings is 2. The first kappa shape index (κ1) is 11.3. The molecule has 0 bridgehead atoms. The Kier molecular flexibility index (Phi) is 3.50. The van der Waals surface area contributed by atoms with Gasteiger partial charge in [0.05, 0.1) is 7.11 Å². The largest absolute Gasteiger partial charge is 0.504 e. The molecule has 2 aromatic carbocycles. The van der Waals surface area contributed by atoms with Crippen LogP contribution in [0.5, 0.6) is 17.2 Å². The van der Waals surface area contributed by atoms with E-state index in [9.17, 15) is 5.11 Å². The second-order valence-corrected chi connectivity index (χ2v) is 3.57. The number of phenols is 1. The first-order valence-electron chi connectivity index (χ1n) is 5.34. The minimum atomic E-state index is 0.141. The van der Waals surface area contributed by atoms with Crippen molar-refractivity contribution in [2.24, 2.45) is 0 Å². The fraction of sp³-hybridized carbons (Fsp3) is 0.143. The summed E-state index contributed by atoms with van der Waals surface area (Å²) in [6.45, 7) is 0.363. The van der Waals surface area contributed by atoms with Crippen LogP contribution in [0.1, 0.15) is 5.56 Å². The number of phenolic OH excluding ortho intramolecular Hbond substituents is 1. The summed E-state index contributed by atoms with van der Waals surface area (Å²) in [6.07, 6.45) is 0. The standard InChI is InChI=1S/C14H14O3/c1-16-13-8-4-2-6-11(13)10-17-14-9-5-3-7-12(14)15/h2-9,15H,10H2,1H3. The topological polar surface area (TPSA) is 38.7 Å². The molecule has 3 nitrogen and oxygen atoms in total. The zero-order chi connectivity index (χ0) is 12.1. The summed E-state index contributed by atoms with van der Waals surface area (Å²) in [5, 5.41) is 9.56. The summed E-state index contributed by atoms with van der Waals surface area (Å²) in [5.41, 5.74) is 0.943. The van der Waals surface area contributed by atoms with Crippen LogP contribution in [-0.2, 0) is 6.61 Å². The molecule has 2 rings (SSSR count). The molecule has 0 aliphatic rings. The van der Waals surface area contributed by atoms with Gasteiger partial charge in [-0.15, -0.1) is 0 Å². The summed E-state index contributed by atoms with van der Waals surface area (Å²) in [7, 11) is 1.62. The fourth-order valence-electron chi connectivity index (χ4n) is 1.56. The van der Waals surface area contributed by atoms with Gasteiger partial charge >= 0.3 is 0 Å². The van der Waals surface area contributed by atoms with Gasteiger partial charge in [0.25, 0.3) is 0 Å². The highest BCUT2D eigenvalue weighted by molar-refractivity contribution is 5.39. The summed E-state index contributed by atoms with van der Waals surface area (Å²) in [4.78, 5) is 0. The van der Waals surface area contributed by atoms with E-state index in [1.807, 2.05) is 30.3 Å². The Morgan fingerprint density at radius 1 is 0.941 bits per heavy atom. The van der Waals surface area contributed by atoms with E-state index >= 15 is 0 Å². The van der Waals surface area contributed by atoms with Crippen molar-refractivity contribution in [3.63, 3.8) is 0 Å². The van der Waals surface area contributed by atoms with Crippen molar-refractivity contribution in [1.29, 1.82) is 0 Å². The Balaban J connectivity index is 2.10. The van der Waals surface area contributed by atoms with Crippen molar-refractivity contribution in [2.45, 2.75) is 6.61 Å². The molecule has 0 fully saturated rings. The quantitative estimate of drug-likeness (QED) is 0.877. The van der Waals surface area contributed by atoms with Gasteiger partial charge in [-0.1, -0.05) is 30.3 Å². The number of aromatic hydroxyl groups is 1. The Morgan fingerprint density at radius 3 is 2.29 bits per heavy atom. The minimum Gasteiger partial charge on any atom is -0.504 e. The summed E-state index contributed by atoms with van der Waals surface area (Å²) < 4.78 is 10.8. The van der Waals surface area contributed by atoms with Crippen LogP contribution in [0.15, 0.2) is 48.5 Å². The third kappa shape index (κ3) is 2.69. The molecule has 17 heavy (non-hydrogen) atoms. The summed E-state index contributed by atoms with van der Waals surface area (Å²) in [6, 6.07) is 14.5. The molecular weight excluding hydrogens is 216 g/mol. The molecule has 0 spiro atoms. The van der Waals surface area contributed by atoms with Gasteiger partial charge in [0.2, 0.25) is 0 Å². The maximum atomic E-state index is 9.56. The Labute approximate surface area is 100 Å². The average Bonchev–Trinajstić information content (AvgIpc) is 2.38. The van der Waals surface area contributed by atoms with Gasteiger partial charge in [-0.25, -0.2) is 0 Å². The maximum absolute atomic E-state index is 9.56. The molecular formula is C14H14O3. The SMILES string of the molecule is COc1ccccc1COc1ccccc1O. The van der Waals surface area contributed by atoms with Crippen molar-refractivity contribution in [2.75, 3.05) is 7.11 Å². The highest BCUT2D eigenvalue weighted by Crippen LogP contribution is 2.26. The van der Waals surface area contributed by atoms with Crippen LogP contribution in [0.4, 0.5) is 0 Å². The molecule has 88 valence electrons. The van der Waals surface area contributed by atoms with Crippen LogP contribution in [0.25, 0.3) is 0 Å². The lowest BCUT2D eigenvalue weighted by molar-refractivity contribution is 0.282. The molecule has 0 aliphatic heterocycles. The molecule has 0 saturated carbocycles. The highest BCUT2D eigenvalue weighted by atomic mass is 16.5. The number of methoxy groups -OCH3 is 1. The van der Waals surface area contributed by atoms with E-state index < -0.39 is 0 Å². The van der Waals surface area contributed by atoms with E-state index in [1.165, 1.54) is 0 Å². The molecule has 0 heterocycles. The first-order valence-corrected chi connectivity index (χ1v) is 5.34. The average molecular weight is 230 g/mol. The van der Waals surface area contributed by atoms with Gasteiger partial charge < -0.3 is 14.6 Å². The monoisotopic (exact) mass is 230 g/mol. The number of rotatable bonds is 4. The Hall–Kier alpha value is -2.16. The normalized spacial score (nSPS) is 9.94. The minimum absolute atomic E-state index is 0.141. The van der Waals surface area contributed by atoms with E-state index in [2.05, 4.69) is 0 Å². The number of ether oxygens (including phenoxy) is 2. The molecule has 0 radical (unpaired) electrons. The van der Waals surface area contributed by atoms with Crippen molar-refractivity contribution in [3.05, 3.63) is 54.1 Å². The van der Waals surface area contributed by atoms with Crippen LogP contribution < -0.4 is 9.47 Å². The van der Waals surface area contributed by atoms with E-state index in [0.29, 0.717) is 12.4 Å². The smallest absolute Gasteiger partial charge is 0.161 e. The molecule has 2 aromatic rings. The van der Waals surface area contributed by atoms with Gasteiger partial charge in [0.15, 0.2) is 11.5 Å². The van der Waals surface area contributed by atoms with Gasteiger partial charge in [-0.05, 0) is 18.2 Å². The Bertz CT molecular complexity index is 494. The summed E-state index contributed by atoms with van der Waals surface area (Å²) in [5.74, 6) is 1.39. The lowest BCUT2D eigenvalue weighted by atomic mass is 10.2. The first-order chi connectivity index (χ1) is 8.31. The highest BCUT2D eigenvalue weighted by Gasteiger charge is 2.04. The lowest BCUT2D eigenvalue weighted by Crippen LogP contribution is -1.98. The van der Waals surface area contributed by atoms with Crippen molar-refractivity contribution < 1.29 is 14.6 Å². The van der Waals surface area contributed by atoms with Crippen LogP contribution in [0.2, 0.25) is 0 Å². The number of para-hydroxylation sites is 3. The van der Waals surface area contributed by atoms with Gasteiger partial charge in [0.1, 0.15) is 12.4 Å². The molecule has 0 amide bonds. The zero-order valence-electron chi connectivity index (χ0n) is 9.59. The zero-order valence-corrected chi connectivity index (χ0v) is 9.59. The molecule has 3 heteroatoms. The predicted octanol–water partition coefficient (Wildman–Crippen LogP) is 2.98. The van der Waals surface area contributed by atoms with Crippen molar-refractivity contribution in [3.8, 4) is 17.2 Å². The van der Waals surface area contributed by atoms with E-state index in [-0.39, 0.29) is 5.75 Å². The molecule has 0 aliphatic carbocycles. The van der Waals surface area contributed by atoms with Crippen LogP contribution >= 0.6 is 0 Å². The van der Waals surface area contributed by atoms with Crippen LogP contribution in [-0.4, -0.2) is 12.2 Å². The van der Waals surface area contributed by atoms with Gasteiger partial charge in [-0.2, -0.15) is 0 Å². The number of hydrogen-bond acceptors (Lipinski definition) is 3. The number of hydrogen-bond donors (Lipinski definition) is 1. The lowest BCUT2D eigenvalue weighted by Gasteiger charge is -2.10. The predicted molar refractivity (Wildman–Crippen MR) is 65.4 cm³/mol. The second-order valence-electron chi connectivity index (χ2n) is 3.57. The van der Waals surface area contributed by atoms with E-state index in [4.69, 9.17) is 9.47 Å². The van der Waals surface area contributed by atoms with Crippen LogP contribution in [0, 0.1) is 0 Å². The molecule has 0 unspecified atom stereocenters. The third-order valence-electron chi connectivity index (χ3n) is 2.44. The van der Waals surface area contributed by atoms with Gasteiger partial charge in [-0.3, -0.25) is 0 Å². The fourth-order valence-corrected chi connectivity index (χ4v) is 1.56. The van der Waals surface area contributed by atoms with Gasteiger partial charge in [0, 0.05) is 5.56 Å². The molecule has 1 N–H and O–H groups in total. The van der Waals surface area contributed by atoms with Crippen molar-refractivity contribution >= 4 is 0 Å². The molecule has 0 saturated heterocycles. The molecule has 0 atom stereocenters. The van der Waals surface area contributed by atoms with Crippen molar-refractivity contribution in [1.82, 2.24) is 0 Å².